The van der Waals surface area contributed by atoms with Gasteiger partial charge in [0.05, 0.1) is 12.2 Å². The molecule has 0 spiro atoms. The minimum absolute atomic E-state index is 0.271. The van der Waals surface area contributed by atoms with Crippen molar-refractivity contribution in [3.8, 4) is 0 Å². The number of hydrogen-bond donors (Lipinski definition) is 0. The fourth-order valence-corrected chi connectivity index (χ4v) is 6.46. The number of unbranched alkanes of at least 4 members (excludes halogenated alkanes) is 16. The highest BCUT2D eigenvalue weighted by Crippen LogP contribution is 2.37. The molecule has 268 valence electrons. The lowest BCUT2D eigenvalue weighted by Crippen LogP contribution is -2.28. The Bertz CT molecular complexity index is 713. The van der Waals surface area contributed by atoms with Crippen molar-refractivity contribution in [2.75, 3.05) is 20.6 Å². The third-order valence-electron chi connectivity index (χ3n) is 9.33. The zero-order chi connectivity index (χ0) is 33.4. The molecule has 0 amide bonds. The Balaban J connectivity index is 2.23. The number of nitrogens with zero attached hydrogens (tertiary/aromatic N) is 1. The standard InChI is InChI=1S/C43H79NO2/c1-6-8-10-12-14-16-18-20-22-24-26-28-30-32-34-37-41-42(46-43(3,45-41)39-36-40-44(4)5)38-35-33-31-29-27-25-23-21-19-17-15-13-11-9-7-2/h14-17,20-23,41-42H,6-13,18-19,24-40H2,1-5H3. The summed E-state index contributed by atoms with van der Waals surface area (Å²) in [4.78, 5) is 2.26. The van der Waals surface area contributed by atoms with Gasteiger partial charge >= 0.3 is 0 Å². The molecule has 0 radical (unpaired) electrons. The first-order chi connectivity index (χ1) is 22.5. The molecule has 0 aromatic carbocycles. The molecule has 0 saturated carbocycles. The van der Waals surface area contributed by atoms with Gasteiger partial charge in [0.2, 0.25) is 0 Å². The Morgan fingerprint density at radius 1 is 0.478 bits per heavy atom. The first-order valence-corrected chi connectivity index (χ1v) is 20.1. The molecule has 1 aliphatic rings. The van der Waals surface area contributed by atoms with Crippen molar-refractivity contribution in [2.24, 2.45) is 0 Å². The average molecular weight is 642 g/mol. The molecule has 1 rings (SSSR count). The van der Waals surface area contributed by atoms with Crippen LogP contribution in [0.5, 0.6) is 0 Å². The van der Waals surface area contributed by atoms with Gasteiger partial charge in [-0.3, -0.25) is 0 Å². The van der Waals surface area contributed by atoms with Gasteiger partial charge in [-0.1, -0.05) is 140 Å². The van der Waals surface area contributed by atoms with Gasteiger partial charge in [0.1, 0.15) is 0 Å². The van der Waals surface area contributed by atoms with Crippen LogP contribution in [0.25, 0.3) is 0 Å². The lowest BCUT2D eigenvalue weighted by atomic mass is 9.99. The van der Waals surface area contributed by atoms with E-state index >= 15 is 0 Å². The molecule has 1 saturated heterocycles. The second kappa shape index (κ2) is 31.1. The van der Waals surface area contributed by atoms with Crippen molar-refractivity contribution < 1.29 is 9.47 Å². The zero-order valence-electron chi connectivity index (χ0n) is 31.6. The lowest BCUT2D eigenvalue weighted by molar-refractivity contribution is -0.167. The van der Waals surface area contributed by atoms with Crippen molar-refractivity contribution in [3.05, 3.63) is 48.6 Å². The molecule has 0 aliphatic carbocycles. The summed E-state index contributed by atoms with van der Waals surface area (Å²) < 4.78 is 13.3. The summed E-state index contributed by atoms with van der Waals surface area (Å²) in [6, 6.07) is 0. The van der Waals surface area contributed by atoms with E-state index in [-0.39, 0.29) is 12.2 Å². The molecule has 0 N–H and O–H groups in total. The minimum atomic E-state index is -0.403. The topological polar surface area (TPSA) is 21.7 Å². The van der Waals surface area contributed by atoms with Crippen LogP contribution < -0.4 is 0 Å². The van der Waals surface area contributed by atoms with Gasteiger partial charge in [-0.15, -0.1) is 0 Å². The van der Waals surface area contributed by atoms with Gasteiger partial charge in [-0.2, -0.15) is 0 Å². The second-order valence-electron chi connectivity index (χ2n) is 14.4. The molecule has 2 atom stereocenters. The summed E-state index contributed by atoms with van der Waals surface area (Å²) in [5.74, 6) is -0.403. The first kappa shape index (κ1) is 42.9. The van der Waals surface area contributed by atoms with Crippen LogP contribution in [-0.2, 0) is 9.47 Å². The van der Waals surface area contributed by atoms with E-state index in [1.165, 1.54) is 128 Å². The van der Waals surface area contributed by atoms with E-state index in [9.17, 15) is 0 Å². The molecule has 1 heterocycles. The third-order valence-corrected chi connectivity index (χ3v) is 9.33. The molecule has 46 heavy (non-hydrogen) atoms. The molecule has 3 heteroatoms. The lowest BCUT2D eigenvalue weighted by Gasteiger charge is -2.24. The SMILES string of the molecule is CCCCCC=CCC=CCCCCCCCC1OC(C)(CCCN(C)C)OC1CCCCCCCC=CCC=CCCCCC. The molecule has 3 nitrogen and oxygen atoms in total. The van der Waals surface area contributed by atoms with Gasteiger partial charge in [0.25, 0.3) is 0 Å². The highest BCUT2D eigenvalue weighted by Gasteiger charge is 2.43. The quantitative estimate of drug-likeness (QED) is 0.0539. The summed E-state index contributed by atoms with van der Waals surface area (Å²) >= 11 is 0. The van der Waals surface area contributed by atoms with E-state index in [1.54, 1.807) is 0 Å². The highest BCUT2D eigenvalue weighted by molar-refractivity contribution is 4.93. The Morgan fingerprint density at radius 2 is 0.848 bits per heavy atom. The van der Waals surface area contributed by atoms with E-state index in [0.717, 1.165) is 45.1 Å². The molecule has 0 aromatic rings. The summed E-state index contributed by atoms with van der Waals surface area (Å²) in [6.07, 6.45) is 52.1. The van der Waals surface area contributed by atoms with E-state index in [2.05, 4.69) is 88.4 Å². The van der Waals surface area contributed by atoms with Crippen LogP contribution in [0.4, 0.5) is 0 Å². The second-order valence-corrected chi connectivity index (χ2v) is 14.4. The minimum Gasteiger partial charge on any atom is -0.344 e. The van der Waals surface area contributed by atoms with E-state index in [4.69, 9.17) is 9.47 Å². The molecule has 2 unspecified atom stereocenters. The van der Waals surface area contributed by atoms with Crippen molar-refractivity contribution in [3.63, 3.8) is 0 Å². The van der Waals surface area contributed by atoms with Crippen LogP contribution in [-0.4, -0.2) is 43.5 Å². The van der Waals surface area contributed by atoms with Gasteiger partial charge in [-0.05, 0) is 111 Å². The van der Waals surface area contributed by atoms with Gasteiger partial charge < -0.3 is 14.4 Å². The Kier molecular flexibility index (Phi) is 29.0. The van der Waals surface area contributed by atoms with Crippen LogP contribution in [0, 0.1) is 0 Å². The van der Waals surface area contributed by atoms with Crippen molar-refractivity contribution in [1.82, 2.24) is 4.90 Å². The predicted molar refractivity (Wildman–Crippen MR) is 205 cm³/mol. The number of ether oxygens (including phenoxy) is 2. The van der Waals surface area contributed by atoms with Crippen molar-refractivity contribution in [2.45, 2.75) is 206 Å². The average Bonchev–Trinajstić information content (AvgIpc) is 3.35. The van der Waals surface area contributed by atoms with Gasteiger partial charge in [-0.25, -0.2) is 0 Å². The first-order valence-electron chi connectivity index (χ1n) is 20.1. The van der Waals surface area contributed by atoms with Crippen LogP contribution in [0.2, 0.25) is 0 Å². The summed E-state index contributed by atoms with van der Waals surface area (Å²) in [5, 5.41) is 0. The highest BCUT2D eigenvalue weighted by atomic mass is 16.8. The zero-order valence-corrected chi connectivity index (χ0v) is 31.6. The molecule has 1 aliphatic heterocycles. The van der Waals surface area contributed by atoms with Crippen LogP contribution >= 0.6 is 0 Å². The van der Waals surface area contributed by atoms with E-state index in [1.807, 2.05) is 0 Å². The Labute approximate surface area is 288 Å². The largest absolute Gasteiger partial charge is 0.344 e. The molecular weight excluding hydrogens is 562 g/mol. The number of allylic oxidation sites excluding steroid dienone is 8. The van der Waals surface area contributed by atoms with Crippen LogP contribution in [0.3, 0.4) is 0 Å². The normalized spacial score (nSPS) is 20.7. The van der Waals surface area contributed by atoms with Crippen molar-refractivity contribution in [1.29, 1.82) is 0 Å². The van der Waals surface area contributed by atoms with Crippen molar-refractivity contribution >= 4 is 0 Å². The number of hydrogen-bond acceptors (Lipinski definition) is 3. The fraction of sp³-hybridized carbons (Fsp3) is 0.814. The molecule has 1 fully saturated rings. The molecule has 0 bridgehead atoms. The van der Waals surface area contributed by atoms with Crippen LogP contribution in [0.15, 0.2) is 48.6 Å². The fourth-order valence-electron chi connectivity index (χ4n) is 6.46. The maximum atomic E-state index is 6.67. The van der Waals surface area contributed by atoms with Gasteiger partial charge in [0.15, 0.2) is 5.79 Å². The maximum Gasteiger partial charge on any atom is 0.166 e. The Morgan fingerprint density at radius 3 is 1.24 bits per heavy atom. The monoisotopic (exact) mass is 642 g/mol. The number of rotatable bonds is 32. The predicted octanol–water partition coefficient (Wildman–Crippen LogP) is 13.5. The van der Waals surface area contributed by atoms with Gasteiger partial charge in [0, 0.05) is 6.42 Å². The molecule has 0 aromatic heterocycles. The smallest absolute Gasteiger partial charge is 0.166 e. The third kappa shape index (κ3) is 25.9. The summed E-state index contributed by atoms with van der Waals surface area (Å²) in [6.45, 7) is 7.82. The summed E-state index contributed by atoms with van der Waals surface area (Å²) in [5.41, 5.74) is 0. The Hall–Kier alpha value is -1.16. The molecular formula is C43H79NO2. The van der Waals surface area contributed by atoms with E-state index < -0.39 is 5.79 Å². The van der Waals surface area contributed by atoms with Crippen LogP contribution in [0.1, 0.15) is 188 Å². The summed E-state index contributed by atoms with van der Waals surface area (Å²) in [7, 11) is 4.30. The van der Waals surface area contributed by atoms with E-state index in [0.29, 0.717) is 0 Å². The maximum absolute atomic E-state index is 6.67.